The zero-order chi connectivity index (χ0) is 31.4. The molecule has 232 valence electrons. The van der Waals surface area contributed by atoms with Crippen LogP contribution in [0, 0.1) is 5.92 Å². The van der Waals surface area contributed by atoms with E-state index in [1.165, 1.54) is 0 Å². The lowest BCUT2D eigenvalue weighted by atomic mass is 9.67. The molecule has 6 rings (SSSR count). The third-order valence-electron chi connectivity index (χ3n) is 8.77. The summed E-state index contributed by atoms with van der Waals surface area (Å²) < 4.78 is 24.0. The molecule has 0 saturated heterocycles. The Bertz CT molecular complexity index is 1690. The highest BCUT2D eigenvalue weighted by molar-refractivity contribution is 5.71. The fourth-order valence-electron chi connectivity index (χ4n) is 6.34. The van der Waals surface area contributed by atoms with Crippen LogP contribution in [0.5, 0.6) is 5.75 Å². The van der Waals surface area contributed by atoms with E-state index in [-0.39, 0.29) is 42.8 Å². The summed E-state index contributed by atoms with van der Waals surface area (Å²) in [6.45, 7) is 1.77. The van der Waals surface area contributed by atoms with Crippen molar-refractivity contribution in [2.24, 2.45) is 5.92 Å². The van der Waals surface area contributed by atoms with E-state index in [4.69, 9.17) is 18.6 Å². The van der Waals surface area contributed by atoms with Gasteiger partial charge in [0, 0.05) is 49.2 Å². The van der Waals surface area contributed by atoms with Crippen LogP contribution in [-0.4, -0.2) is 39.8 Å². The Morgan fingerprint density at radius 2 is 1.56 bits per heavy atom. The van der Waals surface area contributed by atoms with Gasteiger partial charge in [0.2, 0.25) is 0 Å². The third-order valence-corrected chi connectivity index (χ3v) is 8.77. The van der Waals surface area contributed by atoms with Crippen LogP contribution in [0.3, 0.4) is 0 Å². The Morgan fingerprint density at radius 1 is 0.911 bits per heavy atom. The van der Waals surface area contributed by atoms with Gasteiger partial charge in [0.25, 0.3) is 0 Å². The Labute approximate surface area is 260 Å². The van der Waals surface area contributed by atoms with Gasteiger partial charge in [0.05, 0.1) is 6.10 Å². The predicted octanol–water partition coefficient (Wildman–Crippen LogP) is 5.39. The summed E-state index contributed by atoms with van der Waals surface area (Å²) in [4.78, 5) is 43.4. The number of ether oxygens (including phenoxy) is 3. The van der Waals surface area contributed by atoms with E-state index in [9.17, 15) is 19.5 Å². The molecule has 1 fully saturated rings. The van der Waals surface area contributed by atoms with Gasteiger partial charge in [-0.25, -0.2) is 4.79 Å². The number of aliphatic hydroxyl groups excluding tert-OH is 1. The number of esters is 2. The molecular weight excluding hydrogens is 574 g/mol. The molecule has 0 spiro atoms. The predicted molar refractivity (Wildman–Crippen MR) is 164 cm³/mol. The molecule has 2 aromatic carbocycles. The van der Waals surface area contributed by atoms with E-state index >= 15 is 0 Å². The van der Waals surface area contributed by atoms with Crippen molar-refractivity contribution < 1.29 is 33.3 Å². The van der Waals surface area contributed by atoms with Gasteiger partial charge in [-0.3, -0.25) is 14.6 Å². The molecule has 2 aliphatic rings. The lowest BCUT2D eigenvalue weighted by molar-refractivity contribution is -0.205. The van der Waals surface area contributed by atoms with E-state index in [1.54, 1.807) is 37.5 Å². The van der Waals surface area contributed by atoms with Crippen LogP contribution in [0.4, 0.5) is 0 Å². The van der Waals surface area contributed by atoms with Gasteiger partial charge < -0.3 is 23.7 Å². The van der Waals surface area contributed by atoms with Crippen molar-refractivity contribution in [3.05, 3.63) is 118 Å². The summed E-state index contributed by atoms with van der Waals surface area (Å²) in [5.41, 5.74) is 0.607. The van der Waals surface area contributed by atoms with Gasteiger partial charge in [0.15, 0.2) is 0 Å². The number of aryl methyl sites for hydroxylation is 2. The zero-order valence-electron chi connectivity index (χ0n) is 25.0. The summed E-state index contributed by atoms with van der Waals surface area (Å²) in [6, 6.07) is 24.3. The zero-order valence-corrected chi connectivity index (χ0v) is 25.0. The van der Waals surface area contributed by atoms with E-state index in [1.807, 2.05) is 60.7 Å². The maximum atomic E-state index is 13.2. The van der Waals surface area contributed by atoms with Gasteiger partial charge in [-0.1, -0.05) is 60.7 Å². The van der Waals surface area contributed by atoms with Crippen LogP contribution in [0.2, 0.25) is 0 Å². The van der Waals surface area contributed by atoms with Crippen molar-refractivity contribution >= 4 is 11.9 Å². The van der Waals surface area contributed by atoms with Crippen LogP contribution in [-0.2, 0) is 31.9 Å². The van der Waals surface area contributed by atoms with Crippen molar-refractivity contribution in [3.63, 3.8) is 0 Å². The Morgan fingerprint density at radius 3 is 2.18 bits per heavy atom. The number of aliphatic hydroxyl groups is 1. The molecule has 1 saturated carbocycles. The fourth-order valence-corrected chi connectivity index (χ4v) is 6.34. The molecule has 4 aromatic rings. The molecule has 1 aliphatic heterocycles. The molecule has 0 radical (unpaired) electrons. The monoisotopic (exact) mass is 609 g/mol. The molecule has 1 N–H and O–H groups in total. The largest absolute Gasteiger partial charge is 0.482 e. The molecule has 2 unspecified atom stereocenters. The molecule has 45 heavy (non-hydrogen) atoms. The minimum Gasteiger partial charge on any atom is -0.482 e. The second kappa shape index (κ2) is 13.1. The second-order valence-corrected chi connectivity index (χ2v) is 11.8. The first kappa shape index (κ1) is 30.3. The molecule has 9 nitrogen and oxygen atoms in total. The maximum absolute atomic E-state index is 13.2. The van der Waals surface area contributed by atoms with Gasteiger partial charge in [-0.15, -0.1) is 0 Å². The Balaban J connectivity index is 1.26. The summed E-state index contributed by atoms with van der Waals surface area (Å²) >= 11 is 0. The van der Waals surface area contributed by atoms with Crippen LogP contribution in [0.1, 0.15) is 55.4 Å². The molecule has 0 bridgehead atoms. The number of rotatable bonds is 9. The summed E-state index contributed by atoms with van der Waals surface area (Å²) in [5, 5.41) is 11.6. The van der Waals surface area contributed by atoms with Gasteiger partial charge >= 0.3 is 17.6 Å². The van der Waals surface area contributed by atoms with E-state index in [2.05, 4.69) is 4.98 Å². The van der Waals surface area contributed by atoms with Crippen molar-refractivity contribution in [3.8, 4) is 17.1 Å². The number of carbonyl (C=O) groups excluding carboxylic acids is 2. The van der Waals surface area contributed by atoms with Crippen molar-refractivity contribution in [2.75, 3.05) is 0 Å². The molecular formula is C36H35NO8. The first-order chi connectivity index (χ1) is 21.8. The van der Waals surface area contributed by atoms with Gasteiger partial charge in [0.1, 0.15) is 34.9 Å². The number of aromatic nitrogens is 1. The quantitative estimate of drug-likeness (QED) is 0.249. The van der Waals surface area contributed by atoms with Crippen LogP contribution < -0.4 is 10.4 Å². The number of hydrogen-bond donors (Lipinski definition) is 1. The standard InChI is InChI=1S/C36H35NO8/c1-36-27(34(40)33-29(45-36)21-28(43-35(33)41)25-13-8-18-37-22-25)19-26(42-31(38)16-14-23-9-4-2-5-10-23)20-30(36)44-32(39)17-15-24-11-6-3-7-12-24/h2-13,18,21-22,26-27,30,34,40H,14-17,19-20H2,1H3/t26-,27?,30-,34?,36-/m1/s1. The Kier molecular flexibility index (Phi) is 8.80. The van der Waals surface area contributed by atoms with Crippen molar-refractivity contribution in [1.82, 2.24) is 4.98 Å². The third kappa shape index (κ3) is 6.68. The van der Waals surface area contributed by atoms with E-state index in [0.29, 0.717) is 18.4 Å². The highest BCUT2D eigenvalue weighted by atomic mass is 16.6. The second-order valence-electron chi connectivity index (χ2n) is 11.8. The molecule has 0 amide bonds. The maximum Gasteiger partial charge on any atom is 0.345 e. The number of pyridine rings is 1. The fraction of sp³-hybridized carbons (Fsp3) is 0.333. The molecule has 1 aliphatic carbocycles. The van der Waals surface area contributed by atoms with Crippen LogP contribution in [0.15, 0.2) is 100 Å². The number of benzene rings is 2. The van der Waals surface area contributed by atoms with E-state index in [0.717, 1.165) is 11.1 Å². The minimum atomic E-state index is -1.31. The van der Waals surface area contributed by atoms with Crippen LogP contribution in [0.25, 0.3) is 11.3 Å². The lowest BCUT2D eigenvalue weighted by Crippen LogP contribution is -2.62. The topological polar surface area (TPSA) is 125 Å². The first-order valence-corrected chi connectivity index (χ1v) is 15.2. The smallest absolute Gasteiger partial charge is 0.345 e. The van der Waals surface area contributed by atoms with Gasteiger partial charge in [-0.05, 0) is 49.4 Å². The highest BCUT2D eigenvalue weighted by Crippen LogP contribution is 2.51. The first-order valence-electron chi connectivity index (χ1n) is 15.2. The van der Waals surface area contributed by atoms with Crippen LogP contribution >= 0.6 is 0 Å². The SMILES string of the molecule is C[C@@]12Oc3cc(-c4cccnc4)oc(=O)c3C(O)C1C[C@@H](OC(=O)CCc1ccccc1)C[C@H]2OC(=O)CCc1ccccc1. The summed E-state index contributed by atoms with van der Waals surface area (Å²) in [7, 11) is 0. The lowest BCUT2D eigenvalue weighted by Gasteiger charge is -2.52. The normalized spacial score (nSPS) is 23.6. The van der Waals surface area contributed by atoms with Crippen molar-refractivity contribution in [1.29, 1.82) is 0 Å². The molecule has 2 aromatic heterocycles. The summed E-state index contributed by atoms with van der Waals surface area (Å²) in [6.07, 6.45) is 2.02. The number of fused-ring (bicyclic) bond motifs is 2. The minimum absolute atomic E-state index is 0.0182. The Hall–Kier alpha value is -4.76. The van der Waals surface area contributed by atoms with Crippen molar-refractivity contribution in [2.45, 2.75) is 69.4 Å². The average molecular weight is 610 g/mol. The number of nitrogens with zero attached hydrogens (tertiary/aromatic N) is 1. The number of carbonyl (C=O) groups is 2. The highest BCUT2D eigenvalue weighted by Gasteiger charge is 2.58. The average Bonchev–Trinajstić information content (AvgIpc) is 3.05. The van der Waals surface area contributed by atoms with Gasteiger partial charge in [-0.2, -0.15) is 0 Å². The molecule has 3 heterocycles. The summed E-state index contributed by atoms with van der Waals surface area (Å²) in [5.74, 6) is -1.18. The molecule has 5 atom stereocenters. The number of hydrogen-bond acceptors (Lipinski definition) is 9. The van der Waals surface area contributed by atoms with E-state index < -0.39 is 47.4 Å². The molecule has 9 heteroatoms.